The molecule has 10 heteroatoms. The van der Waals surface area contributed by atoms with E-state index in [4.69, 9.17) is 14.2 Å². The largest absolute Gasteiger partial charge is 0.479 e. The van der Waals surface area contributed by atoms with Crippen molar-refractivity contribution in [3.63, 3.8) is 0 Å². The smallest absolute Gasteiger partial charge is 0.333 e. The minimum absolute atomic E-state index is 0.0285. The standard InChI is InChI=1S/C20H35NO9/c1-4-11-6-13(21-10(3)23)16(29-15(11)7-22)9-28-8-12-17(24)18(25)14(5-2)30-19(12)20(26)27/h11-19,22,24-25H,4-9H2,1-3H3,(H,21,23)(H,26,27). The second-order valence-corrected chi connectivity index (χ2v) is 8.13. The fourth-order valence-corrected chi connectivity index (χ4v) is 4.36. The van der Waals surface area contributed by atoms with Gasteiger partial charge >= 0.3 is 5.97 Å². The quantitative estimate of drug-likeness (QED) is 0.317. The van der Waals surface area contributed by atoms with E-state index in [-0.39, 0.29) is 43.8 Å². The maximum absolute atomic E-state index is 11.6. The van der Waals surface area contributed by atoms with Crippen molar-refractivity contribution in [1.82, 2.24) is 5.32 Å². The Bertz CT molecular complexity index is 574. The number of carbonyl (C=O) groups excluding carboxylic acids is 1. The second kappa shape index (κ2) is 11.4. The van der Waals surface area contributed by atoms with E-state index in [2.05, 4.69) is 5.32 Å². The normalized spacial score (nSPS) is 39.5. The minimum Gasteiger partial charge on any atom is -0.479 e. The van der Waals surface area contributed by atoms with Gasteiger partial charge in [-0.05, 0) is 18.8 Å². The highest BCUT2D eigenvalue weighted by molar-refractivity contribution is 5.73. The van der Waals surface area contributed by atoms with Crippen LogP contribution in [0.3, 0.4) is 0 Å². The molecule has 9 unspecified atom stereocenters. The highest BCUT2D eigenvalue weighted by Crippen LogP contribution is 2.30. The summed E-state index contributed by atoms with van der Waals surface area (Å²) in [5, 5.41) is 42.6. The molecule has 30 heavy (non-hydrogen) atoms. The summed E-state index contributed by atoms with van der Waals surface area (Å²) >= 11 is 0. The minimum atomic E-state index is -1.31. The lowest BCUT2D eigenvalue weighted by Crippen LogP contribution is -2.58. The average Bonchev–Trinajstić information content (AvgIpc) is 2.71. The number of hydrogen-bond donors (Lipinski definition) is 5. The van der Waals surface area contributed by atoms with Crippen LogP contribution in [0.25, 0.3) is 0 Å². The summed E-state index contributed by atoms with van der Waals surface area (Å²) in [6, 6.07) is -0.312. The van der Waals surface area contributed by atoms with Crippen LogP contribution < -0.4 is 5.32 Å². The maximum atomic E-state index is 11.6. The molecule has 2 aliphatic rings. The summed E-state index contributed by atoms with van der Waals surface area (Å²) in [4.78, 5) is 23.2. The summed E-state index contributed by atoms with van der Waals surface area (Å²) in [6.45, 7) is 4.85. The molecule has 2 fully saturated rings. The topological polar surface area (TPSA) is 155 Å². The molecule has 2 aliphatic heterocycles. The highest BCUT2D eigenvalue weighted by atomic mass is 16.6. The molecular formula is C20H35NO9. The van der Waals surface area contributed by atoms with Crippen LogP contribution >= 0.6 is 0 Å². The third-order valence-electron chi connectivity index (χ3n) is 6.09. The van der Waals surface area contributed by atoms with Crippen molar-refractivity contribution in [3.05, 3.63) is 0 Å². The molecule has 0 aromatic heterocycles. The van der Waals surface area contributed by atoms with E-state index >= 15 is 0 Å². The Hall–Kier alpha value is -1.30. The van der Waals surface area contributed by atoms with Crippen LogP contribution in [0.5, 0.6) is 0 Å². The number of carboxylic acids is 1. The lowest BCUT2D eigenvalue weighted by Gasteiger charge is -2.42. The molecule has 10 nitrogen and oxygen atoms in total. The van der Waals surface area contributed by atoms with E-state index in [0.717, 1.165) is 6.42 Å². The van der Waals surface area contributed by atoms with E-state index in [0.29, 0.717) is 12.8 Å². The summed E-state index contributed by atoms with van der Waals surface area (Å²) in [5.74, 6) is -2.31. The van der Waals surface area contributed by atoms with Gasteiger partial charge in [0, 0.05) is 12.8 Å². The van der Waals surface area contributed by atoms with Crippen LogP contribution in [0.15, 0.2) is 0 Å². The zero-order valence-electron chi connectivity index (χ0n) is 17.8. The predicted octanol–water partition coefficient (Wildman–Crippen LogP) is -0.716. The predicted molar refractivity (Wildman–Crippen MR) is 105 cm³/mol. The van der Waals surface area contributed by atoms with Crippen LogP contribution in [-0.2, 0) is 23.8 Å². The van der Waals surface area contributed by atoms with Gasteiger partial charge in [0.15, 0.2) is 6.10 Å². The summed E-state index contributed by atoms with van der Waals surface area (Å²) in [7, 11) is 0. The molecule has 2 saturated heterocycles. The molecule has 1 amide bonds. The molecular weight excluding hydrogens is 398 g/mol. The number of nitrogens with one attached hydrogen (secondary N) is 1. The van der Waals surface area contributed by atoms with Gasteiger partial charge < -0.3 is 40.0 Å². The van der Waals surface area contributed by atoms with Crippen molar-refractivity contribution >= 4 is 11.9 Å². The lowest BCUT2D eigenvalue weighted by atomic mass is 9.86. The molecule has 0 spiro atoms. The zero-order valence-corrected chi connectivity index (χ0v) is 17.8. The first-order chi connectivity index (χ1) is 14.2. The Kier molecular flexibility index (Phi) is 9.45. The Labute approximate surface area is 176 Å². The maximum Gasteiger partial charge on any atom is 0.333 e. The number of ether oxygens (including phenoxy) is 3. The van der Waals surface area contributed by atoms with Gasteiger partial charge in [0.25, 0.3) is 0 Å². The molecule has 2 heterocycles. The summed E-state index contributed by atoms with van der Waals surface area (Å²) < 4.78 is 17.1. The van der Waals surface area contributed by atoms with E-state index in [1.807, 2.05) is 6.92 Å². The molecule has 0 saturated carbocycles. The number of amides is 1. The summed E-state index contributed by atoms with van der Waals surface area (Å²) in [6.07, 6.45) is -3.72. The molecule has 2 rings (SSSR count). The first-order valence-electron chi connectivity index (χ1n) is 10.6. The van der Waals surface area contributed by atoms with Gasteiger partial charge in [-0.1, -0.05) is 20.3 Å². The van der Waals surface area contributed by atoms with Crippen molar-refractivity contribution in [2.24, 2.45) is 11.8 Å². The van der Waals surface area contributed by atoms with Crippen molar-refractivity contribution in [1.29, 1.82) is 0 Å². The van der Waals surface area contributed by atoms with E-state index in [9.17, 15) is 30.0 Å². The SMILES string of the molecule is CCC1CC(NC(C)=O)C(COCC2C(C(=O)O)OC(CC)C(O)C2O)OC1CO. The Morgan fingerprint density at radius 2 is 1.73 bits per heavy atom. The van der Waals surface area contributed by atoms with Gasteiger partial charge in [-0.2, -0.15) is 0 Å². The van der Waals surface area contributed by atoms with Crippen molar-refractivity contribution in [3.8, 4) is 0 Å². The average molecular weight is 433 g/mol. The highest BCUT2D eigenvalue weighted by Gasteiger charge is 2.47. The van der Waals surface area contributed by atoms with Gasteiger partial charge in [-0.3, -0.25) is 4.79 Å². The molecule has 0 aromatic rings. The van der Waals surface area contributed by atoms with Crippen LogP contribution in [0.2, 0.25) is 0 Å². The third-order valence-corrected chi connectivity index (χ3v) is 6.09. The number of carboxylic acid groups (broad SMARTS) is 1. The molecule has 174 valence electrons. The van der Waals surface area contributed by atoms with E-state index < -0.39 is 42.4 Å². The molecule has 0 radical (unpaired) electrons. The third kappa shape index (κ3) is 5.89. The number of aliphatic hydroxyl groups excluding tert-OH is 3. The monoisotopic (exact) mass is 433 g/mol. The van der Waals surface area contributed by atoms with Gasteiger partial charge in [0.05, 0.1) is 44.2 Å². The molecule has 9 atom stereocenters. The van der Waals surface area contributed by atoms with Gasteiger partial charge in [0.1, 0.15) is 12.2 Å². The van der Waals surface area contributed by atoms with Crippen LogP contribution in [0.4, 0.5) is 0 Å². The van der Waals surface area contributed by atoms with E-state index in [1.165, 1.54) is 6.92 Å². The van der Waals surface area contributed by atoms with Gasteiger partial charge in [0.2, 0.25) is 5.91 Å². The zero-order chi connectivity index (χ0) is 22.4. The van der Waals surface area contributed by atoms with Gasteiger partial charge in [-0.15, -0.1) is 0 Å². The number of carbonyl (C=O) groups is 2. The van der Waals surface area contributed by atoms with E-state index in [1.54, 1.807) is 6.92 Å². The number of hydrogen-bond acceptors (Lipinski definition) is 8. The second-order valence-electron chi connectivity index (χ2n) is 8.13. The van der Waals surface area contributed by atoms with Crippen molar-refractivity contribution in [2.45, 2.75) is 82.7 Å². The fourth-order valence-electron chi connectivity index (χ4n) is 4.36. The van der Waals surface area contributed by atoms with Crippen molar-refractivity contribution < 1.29 is 44.2 Å². The molecule has 0 bridgehead atoms. The Morgan fingerprint density at radius 3 is 2.27 bits per heavy atom. The molecule has 0 aliphatic carbocycles. The first kappa shape index (κ1) is 25.0. The van der Waals surface area contributed by atoms with Gasteiger partial charge in [-0.25, -0.2) is 4.79 Å². The van der Waals surface area contributed by atoms with Crippen molar-refractivity contribution in [2.75, 3.05) is 19.8 Å². The summed E-state index contributed by atoms with van der Waals surface area (Å²) in [5.41, 5.74) is 0. The van der Waals surface area contributed by atoms with Crippen LogP contribution in [-0.4, -0.2) is 94.8 Å². The number of aliphatic carboxylic acids is 1. The fraction of sp³-hybridized carbons (Fsp3) is 0.900. The van der Waals surface area contributed by atoms with Crippen LogP contribution in [0.1, 0.15) is 40.0 Å². The molecule has 5 N–H and O–H groups in total. The Balaban J connectivity index is 2.02. The first-order valence-corrected chi connectivity index (χ1v) is 10.6. The Morgan fingerprint density at radius 1 is 1.03 bits per heavy atom. The number of aliphatic hydroxyl groups is 3. The van der Waals surface area contributed by atoms with Crippen LogP contribution in [0, 0.1) is 11.8 Å². The molecule has 0 aromatic carbocycles. The number of rotatable bonds is 9. The lowest BCUT2D eigenvalue weighted by molar-refractivity contribution is -0.221.